The second-order valence-corrected chi connectivity index (χ2v) is 6.67. The summed E-state index contributed by atoms with van der Waals surface area (Å²) in [6.07, 6.45) is 0. The second-order valence-electron chi connectivity index (χ2n) is 5.75. The van der Waals surface area contributed by atoms with Crippen LogP contribution in [0.5, 0.6) is 0 Å². The minimum absolute atomic E-state index is 0.204. The lowest BCUT2D eigenvalue weighted by Crippen LogP contribution is -2.14. The van der Waals surface area contributed by atoms with Crippen LogP contribution in [0.1, 0.15) is 37.6 Å². The van der Waals surface area contributed by atoms with E-state index in [9.17, 15) is 5.26 Å². The van der Waals surface area contributed by atoms with Gasteiger partial charge in [0.1, 0.15) is 17.5 Å². The third kappa shape index (κ3) is 2.86. The molecule has 4 nitrogen and oxygen atoms in total. The molecule has 2 N–H and O–H groups in total. The number of hydrogen-bond acceptors (Lipinski definition) is 3. The van der Waals surface area contributed by atoms with Crippen molar-refractivity contribution in [3.05, 3.63) is 45.6 Å². The molecule has 104 valence electrons. The number of benzene rings is 1. The van der Waals surface area contributed by atoms with Gasteiger partial charge in [-0.05, 0) is 17.7 Å². The van der Waals surface area contributed by atoms with Crippen molar-refractivity contribution >= 4 is 21.7 Å². The number of rotatable bonds is 2. The average Bonchev–Trinajstić information content (AvgIpc) is 2.69. The predicted molar refractivity (Wildman–Crippen MR) is 83.3 cm³/mol. The van der Waals surface area contributed by atoms with Crippen LogP contribution in [0.25, 0.3) is 0 Å². The van der Waals surface area contributed by atoms with Crippen LogP contribution in [0.4, 0.5) is 5.82 Å². The molecule has 0 amide bonds. The van der Waals surface area contributed by atoms with Gasteiger partial charge in [0.15, 0.2) is 0 Å². The monoisotopic (exact) mass is 332 g/mol. The zero-order valence-electron chi connectivity index (χ0n) is 11.8. The molecule has 0 saturated carbocycles. The summed E-state index contributed by atoms with van der Waals surface area (Å²) in [6, 6.07) is 10.1. The molecule has 0 unspecified atom stereocenters. The highest BCUT2D eigenvalue weighted by Crippen LogP contribution is 2.28. The molecule has 0 saturated heterocycles. The zero-order valence-corrected chi connectivity index (χ0v) is 13.4. The van der Waals surface area contributed by atoms with Crippen LogP contribution in [0.15, 0.2) is 28.7 Å². The van der Waals surface area contributed by atoms with Crippen molar-refractivity contribution in [2.24, 2.45) is 0 Å². The highest BCUT2D eigenvalue weighted by molar-refractivity contribution is 9.10. The number of hydrogen-bond donors (Lipinski definition) is 1. The Hall–Kier alpha value is -1.80. The smallest absolute Gasteiger partial charge is 0.140 e. The Balaban J connectivity index is 2.41. The fourth-order valence-electron chi connectivity index (χ4n) is 1.99. The van der Waals surface area contributed by atoms with Crippen molar-refractivity contribution in [1.29, 1.82) is 5.26 Å². The Labute approximate surface area is 127 Å². The average molecular weight is 333 g/mol. The molecule has 20 heavy (non-hydrogen) atoms. The molecular formula is C15H17BrN4. The summed E-state index contributed by atoms with van der Waals surface area (Å²) in [5.74, 6) is 0.431. The van der Waals surface area contributed by atoms with Crippen molar-refractivity contribution < 1.29 is 0 Å². The number of aromatic nitrogens is 2. The molecule has 0 radical (unpaired) electrons. The molecule has 0 aliphatic heterocycles. The quantitative estimate of drug-likeness (QED) is 0.915. The molecule has 2 rings (SSSR count). The normalized spacial score (nSPS) is 11.3. The van der Waals surface area contributed by atoms with Gasteiger partial charge in [-0.15, -0.1) is 0 Å². The van der Waals surface area contributed by atoms with Crippen molar-refractivity contribution in [3.8, 4) is 6.07 Å². The van der Waals surface area contributed by atoms with E-state index in [0.29, 0.717) is 17.9 Å². The Morgan fingerprint density at radius 3 is 2.35 bits per heavy atom. The van der Waals surface area contributed by atoms with Gasteiger partial charge in [-0.3, -0.25) is 0 Å². The standard InChI is InChI=1S/C15H17BrN4/c1-15(2,3)13-12(8-17)14(18)20(19-13)9-10-4-6-11(16)7-5-10/h4-7H,9,18H2,1-3H3. The molecule has 0 spiro atoms. The number of halogens is 1. The van der Waals surface area contributed by atoms with Gasteiger partial charge in [-0.25, -0.2) is 4.68 Å². The first-order valence-electron chi connectivity index (χ1n) is 6.34. The van der Waals surface area contributed by atoms with Crippen molar-refractivity contribution in [1.82, 2.24) is 9.78 Å². The molecule has 0 aliphatic carbocycles. The number of nitrogen functional groups attached to an aromatic ring is 1. The largest absolute Gasteiger partial charge is 0.383 e. The maximum atomic E-state index is 9.29. The molecule has 0 fully saturated rings. The van der Waals surface area contributed by atoms with Gasteiger partial charge in [0.25, 0.3) is 0 Å². The molecule has 1 heterocycles. The van der Waals surface area contributed by atoms with E-state index in [2.05, 4.69) is 27.1 Å². The molecule has 1 aromatic carbocycles. The van der Waals surface area contributed by atoms with Crippen molar-refractivity contribution in [2.45, 2.75) is 32.7 Å². The summed E-state index contributed by atoms with van der Waals surface area (Å²) in [5.41, 5.74) is 8.17. The first kappa shape index (κ1) is 14.6. The fourth-order valence-corrected chi connectivity index (χ4v) is 2.26. The Kier molecular flexibility index (Phi) is 3.87. The number of anilines is 1. The van der Waals surface area contributed by atoms with Crippen LogP contribution in [0.3, 0.4) is 0 Å². The minimum atomic E-state index is -0.204. The van der Waals surface area contributed by atoms with Crippen LogP contribution in [0.2, 0.25) is 0 Å². The lowest BCUT2D eigenvalue weighted by Gasteiger charge is -2.15. The highest BCUT2D eigenvalue weighted by Gasteiger charge is 2.25. The number of nitriles is 1. The van der Waals surface area contributed by atoms with Gasteiger partial charge >= 0.3 is 0 Å². The van der Waals surface area contributed by atoms with E-state index < -0.39 is 0 Å². The van der Waals surface area contributed by atoms with Gasteiger partial charge in [0, 0.05) is 9.89 Å². The van der Waals surface area contributed by atoms with Gasteiger partial charge < -0.3 is 5.73 Å². The second kappa shape index (κ2) is 5.29. The summed E-state index contributed by atoms with van der Waals surface area (Å²) in [5, 5.41) is 13.8. The molecule has 5 heteroatoms. The van der Waals surface area contributed by atoms with Gasteiger partial charge in [-0.1, -0.05) is 48.8 Å². The lowest BCUT2D eigenvalue weighted by molar-refractivity contribution is 0.545. The first-order chi connectivity index (χ1) is 9.32. The van der Waals surface area contributed by atoms with Crippen molar-refractivity contribution in [3.63, 3.8) is 0 Å². The topological polar surface area (TPSA) is 67.6 Å². The van der Waals surface area contributed by atoms with E-state index >= 15 is 0 Å². The number of nitrogens with zero attached hydrogens (tertiary/aromatic N) is 3. The fraction of sp³-hybridized carbons (Fsp3) is 0.333. The summed E-state index contributed by atoms with van der Waals surface area (Å²) in [6.45, 7) is 6.64. The predicted octanol–water partition coefficient (Wildman–Crippen LogP) is 3.45. The molecular weight excluding hydrogens is 316 g/mol. The summed E-state index contributed by atoms with van der Waals surface area (Å²) in [4.78, 5) is 0. The van der Waals surface area contributed by atoms with Crippen LogP contribution < -0.4 is 5.73 Å². The summed E-state index contributed by atoms with van der Waals surface area (Å²) >= 11 is 3.41. The third-order valence-corrected chi connectivity index (χ3v) is 3.59. The first-order valence-corrected chi connectivity index (χ1v) is 7.13. The molecule has 2 aromatic rings. The van der Waals surface area contributed by atoms with E-state index in [1.54, 1.807) is 4.68 Å². The van der Waals surface area contributed by atoms with Gasteiger partial charge in [0.2, 0.25) is 0 Å². The van der Waals surface area contributed by atoms with Crippen molar-refractivity contribution in [2.75, 3.05) is 5.73 Å². The van der Waals surface area contributed by atoms with E-state index in [0.717, 1.165) is 15.7 Å². The SMILES string of the molecule is CC(C)(C)c1nn(Cc2ccc(Br)cc2)c(N)c1C#N. The van der Waals surface area contributed by atoms with Crippen LogP contribution >= 0.6 is 15.9 Å². The third-order valence-electron chi connectivity index (χ3n) is 3.06. The maximum absolute atomic E-state index is 9.29. The van der Waals surface area contributed by atoms with E-state index in [-0.39, 0.29) is 5.41 Å². The minimum Gasteiger partial charge on any atom is -0.383 e. The molecule has 0 aliphatic rings. The summed E-state index contributed by atoms with van der Waals surface area (Å²) in [7, 11) is 0. The zero-order chi connectivity index (χ0) is 14.9. The Morgan fingerprint density at radius 1 is 1.30 bits per heavy atom. The Bertz CT molecular complexity index is 657. The molecule has 1 aromatic heterocycles. The molecule has 0 bridgehead atoms. The van der Waals surface area contributed by atoms with E-state index in [1.807, 2.05) is 45.0 Å². The highest BCUT2D eigenvalue weighted by atomic mass is 79.9. The summed E-state index contributed by atoms with van der Waals surface area (Å²) < 4.78 is 2.73. The van der Waals surface area contributed by atoms with Crippen LogP contribution in [0, 0.1) is 11.3 Å². The molecule has 0 atom stereocenters. The van der Waals surface area contributed by atoms with Crippen LogP contribution in [-0.2, 0) is 12.0 Å². The number of nitrogens with two attached hydrogens (primary N) is 1. The Morgan fingerprint density at radius 2 is 1.90 bits per heavy atom. The van der Waals surface area contributed by atoms with Crippen LogP contribution in [-0.4, -0.2) is 9.78 Å². The van der Waals surface area contributed by atoms with Gasteiger partial charge in [0.05, 0.1) is 12.2 Å². The van der Waals surface area contributed by atoms with E-state index in [1.165, 1.54) is 0 Å². The van der Waals surface area contributed by atoms with Gasteiger partial charge in [-0.2, -0.15) is 10.4 Å². The maximum Gasteiger partial charge on any atom is 0.140 e. The lowest BCUT2D eigenvalue weighted by atomic mass is 9.90. The van der Waals surface area contributed by atoms with E-state index in [4.69, 9.17) is 5.73 Å².